The molecule has 28 heavy (non-hydrogen) atoms. The minimum Gasteiger partial charge on any atom is -0.359 e. The molecule has 0 amide bonds. The normalized spacial score (nSPS) is 15.3. The van der Waals surface area contributed by atoms with E-state index >= 15 is 0 Å². The molecule has 6 heteroatoms. The van der Waals surface area contributed by atoms with E-state index in [0.29, 0.717) is 17.7 Å². The molecule has 1 aliphatic carbocycles. The summed E-state index contributed by atoms with van der Waals surface area (Å²) in [4.78, 5) is 0. The van der Waals surface area contributed by atoms with Crippen LogP contribution in [0.1, 0.15) is 71.8 Å². The molecule has 0 heterocycles. The molecule has 0 saturated heterocycles. The summed E-state index contributed by atoms with van der Waals surface area (Å²) in [6, 6.07) is 4.83. The van der Waals surface area contributed by atoms with Crippen LogP contribution in [0, 0.1) is 16.6 Å². The number of hydrogen-bond donors (Lipinski definition) is 2. The van der Waals surface area contributed by atoms with E-state index in [1.54, 1.807) is 32.9 Å². The van der Waals surface area contributed by atoms with Crippen molar-refractivity contribution in [2.24, 2.45) is 5.41 Å². The van der Waals surface area contributed by atoms with Crippen LogP contribution in [0.25, 0.3) is 0 Å². The number of anilines is 1. The lowest BCUT2D eigenvalue weighted by molar-refractivity contribution is 0.535. The van der Waals surface area contributed by atoms with Crippen molar-refractivity contribution in [3.05, 3.63) is 40.8 Å². The first-order valence-electron chi connectivity index (χ1n) is 10.0. The van der Waals surface area contributed by atoms with Crippen molar-refractivity contribution in [2.75, 3.05) is 16.8 Å². The van der Waals surface area contributed by atoms with Gasteiger partial charge in [0.05, 0.1) is 11.5 Å². The van der Waals surface area contributed by atoms with Gasteiger partial charge in [0.1, 0.15) is 5.82 Å². The number of halogens is 1. The number of sulfone groups is 1. The van der Waals surface area contributed by atoms with E-state index < -0.39 is 21.2 Å². The molecule has 1 aliphatic rings. The Kier molecular flexibility index (Phi) is 7.07. The second-order valence-electron chi connectivity index (χ2n) is 8.47. The Hall–Kier alpha value is -1.69. The van der Waals surface area contributed by atoms with Gasteiger partial charge in [0.2, 0.25) is 0 Å². The maximum atomic E-state index is 14.4. The van der Waals surface area contributed by atoms with Gasteiger partial charge in [0.25, 0.3) is 0 Å². The predicted molar refractivity (Wildman–Crippen MR) is 115 cm³/mol. The monoisotopic (exact) mass is 408 g/mol. The Labute approximate surface area is 169 Å². The third kappa shape index (κ3) is 5.90. The van der Waals surface area contributed by atoms with E-state index in [2.05, 4.69) is 12.2 Å². The number of nitrogens with one attached hydrogen (secondary N) is 2. The summed E-state index contributed by atoms with van der Waals surface area (Å²) in [6.45, 7) is 9.25. The second kappa shape index (κ2) is 8.76. The minimum atomic E-state index is -3.44. The van der Waals surface area contributed by atoms with Gasteiger partial charge in [-0.15, -0.1) is 0 Å². The molecule has 0 spiro atoms. The fraction of sp³-hybridized carbons (Fsp3) is 0.591. The third-order valence-electron chi connectivity index (χ3n) is 5.36. The fourth-order valence-corrected chi connectivity index (χ4v) is 5.94. The van der Waals surface area contributed by atoms with Crippen LogP contribution in [0.5, 0.6) is 0 Å². The third-order valence-corrected chi connectivity index (χ3v) is 7.53. The number of allylic oxidation sites excluding steroid dienone is 2. The van der Waals surface area contributed by atoms with E-state index in [0.717, 1.165) is 24.9 Å². The van der Waals surface area contributed by atoms with Gasteiger partial charge in [-0.25, -0.2) is 12.8 Å². The van der Waals surface area contributed by atoms with E-state index in [1.165, 1.54) is 17.3 Å². The summed E-state index contributed by atoms with van der Waals surface area (Å²) >= 11 is 0. The molecule has 1 atom stereocenters. The SMILES string of the molecule is CCC(=N)C(C)(C)CS(=O)(=O)C[C@H](C)c1cc(NC(CC)=C2CC2)ccc1F. The number of rotatable bonds is 10. The van der Waals surface area contributed by atoms with Gasteiger partial charge in [0, 0.05) is 22.5 Å². The summed E-state index contributed by atoms with van der Waals surface area (Å²) in [5, 5.41) is 11.4. The van der Waals surface area contributed by atoms with Crippen LogP contribution in [-0.2, 0) is 9.84 Å². The first-order chi connectivity index (χ1) is 13.0. The lowest BCUT2D eigenvalue weighted by Crippen LogP contribution is -2.33. The molecule has 0 aromatic heterocycles. The minimum absolute atomic E-state index is 0.0946. The Balaban J connectivity index is 2.17. The maximum absolute atomic E-state index is 14.4. The van der Waals surface area contributed by atoms with Gasteiger partial charge >= 0.3 is 0 Å². The molecular weight excluding hydrogens is 375 g/mol. The molecule has 4 nitrogen and oxygen atoms in total. The maximum Gasteiger partial charge on any atom is 0.151 e. The summed E-state index contributed by atoms with van der Waals surface area (Å²) in [6.07, 6.45) is 3.64. The predicted octanol–water partition coefficient (Wildman–Crippen LogP) is 5.67. The topological polar surface area (TPSA) is 70.0 Å². The average molecular weight is 409 g/mol. The highest BCUT2D eigenvalue weighted by Crippen LogP contribution is 2.34. The van der Waals surface area contributed by atoms with Crippen molar-refractivity contribution in [1.29, 1.82) is 5.41 Å². The zero-order valence-corrected chi connectivity index (χ0v) is 18.5. The van der Waals surface area contributed by atoms with Gasteiger partial charge in [-0.05, 0) is 55.4 Å². The van der Waals surface area contributed by atoms with Gasteiger partial charge < -0.3 is 10.7 Å². The molecule has 1 aromatic rings. The Morgan fingerprint density at radius 3 is 2.43 bits per heavy atom. The number of benzene rings is 1. The largest absolute Gasteiger partial charge is 0.359 e. The highest BCUT2D eigenvalue weighted by molar-refractivity contribution is 7.91. The van der Waals surface area contributed by atoms with Crippen LogP contribution in [0.15, 0.2) is 29.5 Å². The van der Waals surface area contributed by atoms with E-state index in [9.17, 15) is 12.8 Å². The van der Waals surface area contributed by atoms with Crippen LogP contribution in [0.2, 0.25) is 0 Å². The summed E-state index contributed by atoms with van der Waals surface area (Å²) in [5.74, 6) is -1.07. The van der Waals surface area contributed by atoms with Crippen molar-refractivity contribution < 1.29 is 12.8 Å². The second-order valence-corrected chi connectivity index (χ2v) is 10.6. The summed E-state index contributed by atoms with van der Waals surface area (Å²) in [7, 11) is -3.44. The quantitative estimate of drug-likeness (QED) is 0.490. The molecule has 1 saturated carbocycles. The number of hydrogen-bond acceptors (Lipinski definition) is 4. The first kappa shape index (κ1) is 22.6. The molecule has 0 unspecified atom stereocenters. The average Bonchev–Trinajstić information content (AvgIpc) is 3.43. The molecule has 2 N–H and O–H groups in total. The highest BCUT2D eigenvalue weighted by atomic mass is 32.2. The molecule has 156 valence electrons. The molecule has 2 rings (SSSR count). The van der Waals surface area contributed by atoms with Crippen LogP contribution in [-0.4, -0.2) is 25.6 Å². The van der Waals surface area contributed by atoms with Crippen molar-refractivity contribution in [3.8, 4) is 0 Å². The molecule has 0 bridgehead atoms. The highest BCUT2D eigenvalue weighted by Gasteiger charge is 2.31. The first-order valence-corrected chi connectivity index (χ1v) is 11.9. The Morgan fingerprint density at radius 2 is 1.89 bits per heavy atom. The van der Waals surface area contributed by atoms with Crippen LogP contribution < -0.4 is 5.32 Å². The van der Waals surface area contributed by atoms with Gasteiger partial charge in [0.15, 0.2) is 9.84 Å². The Bertz CT molecular complexity index is 867. The van der Waals surface area contributed by atoms with Crippen LogP contribution in [0.4, 0.5) is 10.1 Å². The summed E-state index contributed by atoms with van der Waals surface area (Å²) < 4.78 is 39.9. The lowest BCUT2D eigenvalue weighted by Gasteiger charge is -2.26. The van der Waals surface area contributed by atoms with E-state index in [1.807, 2.05) is 6.92 Å². The Morgan fingerprint density at radius 1 is 1.25 bits per heavy atom. The van der Waals surface area contributed by atoms with Crippen molar-refractivity contribution in [1.82, 2.24) is 0 Å². The van der Waals surface area contributed by atoms with Gasteiger partial charge in [-0.2, -0.15) is 0 Å². The van der Waals surface area contributed by atoms with Crippen LogP contribution >= 0.6 is 0 Å². The van der Waals surface area contributed by atoms with E-state index in [4.69, 9.17) is 5.41 Å². The molecule has 1 fully saturated rings. The van der Waals surface area contributed by atoms with Crippen molar-refractivity contribution in [2.45, 2.75) is 66.2 Å². The van der Waals surface area contributed by atoms with Gasteiger partial charge in [-0.1, -0.05) is 40.2 Å². The molecular formula is C22H33FN2O2S. The van der Waals surface area contributed by atoms with Crippen LogP contribution in [0.3, 0.4) is 0 Å². The summed E-state index contributed by atoms with van der Waals surface area (Å²) in [5.41, 5.74) is 3.50. The van der Waals surface area contributed by atoms with E-state index in [-0.39, 0.29) is 17.3 Å². The van der Waals surface area contributed by atoms with Crippen molar-refractivity contribution in [3.63, 3.8) is 0 Å². The zero-order valence-electron chi connectivity index (χ0n) is 17.7. The fourth-order valence-electron chi connectivity index (χ4n) is 3.61. The standard InChI is InChI=1S/C22H33FN2O2S/c1-6-20(16-8-9-16)25-17-10-11-19(23)18(12-17)15(3)13-28(26,27)14-22(4,5)21(24)7-2/h10-12,15,24-25H,6-9,13-14H2,1-5H3/t15-/m0/s1. The molecule has 1 aromatic carbocycles. The zero-order chi connectivity index (χ0) is 21.1. The smallest absolute Gasteiger partial charge is 0.151 e. The molecule has 0 radical (unpaired) electrons. The lowest BCUT2D eigenvalue weighted by atomic mass is 9.88. The molecule has 0 aliphatic heterocycles. The van der Waals surface area contributed by atoms with Gasteiger partial charge in [-0.3, -0.25) is 0 Å². The van der Waals surface area contributed by atoms with Crippen molar-refractivity contribution >= 4 is 21.2 Å².